The van der Waals surface area contributed by atoms with Crippen LogP contribution in [0, 0.1) is 20.8 Å². The number of hydrogen-bond acceptors (Lipinski definition) is 2. The molecule has 78 valence electrons. The minimum atomic E-state index is 0.0994. The Morgan fingerprint density at radius 3 is 2.14 bits per heavy atom. The minimum absolute atomic E-state index is 0.0994. The highest BCUT2D eigenvalue weighted by molar-refractivity contribution is 6.33. The molecule has 0 aliphatic heterocycles. The van der Waals surface area contributed by atoms with Gasteiger partial charge in [-0.3, -0.25) is 0 Å². The summed E-state index contributed by atoms with van der Waals surface area (Å²) < 4.78 is 0. The summed E-state index contributed by atoms with van der Waals surface area (Å²) in [5, 5.41) is 19.0. The molecule has 0 saturated carbocycles. The molecule has 0 fully saturated rings. The Kier molecular flexibility index (Phi) is 3.40. The molecule has 0 radical (unpaired) electrons. The Balaban J connectivity index is 3.43. The molecule has 0 atom stereocenters. The Bertz CT molecular complexity index is 330. The van der Waals surface area contributed by atoms with Crippen molar-refractivity contribution in [1.29, 1.82) is 0 Å². The van der Waals surface area contributed by atoms with E-state index in [1.807, 2.05) is 20.8 Å². The predicted octanol–water partition coefficient (Wildman–Crippen LogP) is 2.51. The van der Waals surface area contributed by atoms with Gasteiger partial charge in [-0.1, -0.05) is 11.6 Å². The summed E-state index contributed by atoms with van der Waals surface area (Å²) in [6.07, 6.45) is 0.582. The number of phenolic OH excluding ortho intramolecular Hbond substituents is 1. The summed E-state index contributed by atoms with van der Waals surface area (Å²) in [7, 11) is 0. The first-order valence-electron chi connectivity index (χ1n) is 4.58. The van der Waals surface area contributed by atoms with Crippen LogP contribution >= 0.6 is 11.6 Å². The van der Waals surface area contributed by atoms with Crippen LogP contribution in [-0.2, 0) is 6.42 Å². The van der Waals surface area contributed by atoms with Gasteiger partial charge in [-0.2, -0.15) is 0 Å². The average molecular weight is 215 g/mol. The van der Waals surface area contributed by atoms with E-state index >= 15 is 0 Å². The van der Waals surface area contributed by atoms with Gasteiger partial charge in [-0.25, -0.2) is 0 Å². The van der Waals surface area contributed by atoms with Gasteiger partial charge in [0, 0.05) is 6.61 Å². The average Bonchev–Trinajstić information content (AvgIpc) is 2.19. The van der Waals surface area contributed by atoms with E-state index in [9.17, 15) is 5.11 Å². The highest BCUT2D eigenvalue weighted by Gasteiger charge is 2.14. The van der Waals surface area contributed by atoms with Crippen LogP contribution in [0.3, 0.4) is 0 Å². The van der Waals surface area contributed by atoms with Crippen LogP contribution < -0.4 is 0 Å². The van der Waals surface area contributed by atoms with Crippen LogP contribution in [-0.4, -0.2) is 16.8 Å². The first-order valence-corrected chi connectivity index (χ1v) is 4.96. The lowest BCUT2D eigenvalue weighted by Crippen LogP contribution is -2.01. The Labute approximate surface area is 89.1 Å². The van der Waals surface area contributed by atoms with Crippen LogP contribution in [0.2, 0.25) is 5.02 Å². The molecule has 0 aromatic heterocycles. The number of aliphatic hydroxyl groups excluding tert-OH is 1. The molecule has 0 bridgehead atoms. The lowest BCUT2D eigenvalue weighted by Gasteiger charge is -2.15. The Hall–Kier alpha value is -0.730. The standard InChI is InChI=1S/C11H15ClO2/c1-6-7(2)11(14)10(12)8(3)9(6)4-5-13/h13-14H,4-5H2,1-3H3. The second-order valence-corrected chi connectivity index (χ2v) is 3.87. The molecule has 2 nitrogen and oxygen atoms in total. The van der Waals surface area contributed by atoms with Crippen molar-refractivity contribution in [2.75, 3.05) is 6.61 Å². The third-order valence-electron chi connectivity index (χ3n) is 2.72. The van der Waals surface area contributed by atoms with Gasteiger partial charge >= 0.3 is 0 Å². The molecule has 2 N–H and O–H groups in total. The van der Waals surface area contributed by atoms with E-state index in [1.54, 1.807) is 0 Å². The molecule has 0 saturated heterocycles. The maximum Gasteiger partial charge on any atom is 0.137 e. The van der Waals surface area contributed by atoms with Crippen LogP contribution in [0.1, 0.15) is 22.3 Å². The van der Waals surface area contributed by atoms with E-state index in [0.29, 0.717) is 11.4 Å². The molecule has 0 aliphatic rings. The molecule has 1 rings (SSSR count). The molecule has 0 aliphatic carbocycles. The fraction of sp³-hybridized carbons (Fsp3) is 0.455. The van der Waals surface area contributed by atoms with Crippen LogP contribution in [0.25, 0.3) is 0 Å². The number of phenols is 1. The van der Waals surface area contributed by atoms with Gasteiger partial charge in [0.2, 0.25) is 0 Å². The number of aliphatic hydroxyl groups is 1. The number of benzene rings is 1. The summed E-state index contributed by atoms with van der Waals surface area (Å²) >= 11 is 5.96. The van der Waals surface area contributed by atoms with Gasteiger partial charge in [0.25, 0.3) is 0 Å². The van der Waals surface area contributed by atoms with Gasteiger partial charge < -0.3 is 10.2 Å². The zero-order chi connectivity index (χ0) is 10.9. The maximum atomic E-state index is 9.67. The first-order chi connectivity index (χ1) is 6.50. The highest BCUT2D eigenvalue weighted by Crippen LogP contribution is 2.35. The van der Waals surface area contributed by atoms with Crippen LogP contribution in [0.15, 0.2) is 0 Å². The van der Waals surface area contributed by atoms with E-state index in [4.69, 9.17) is 16.7 Å². The predicted molar refractivity (Wildman–Crippen MR) is 58.1 cm³/mol. The second-order valence-electron chi connectivity index (χ2n) is 3.49. The third-order valence-corrected chi connectivity index (χ3v) is 3.18. The van der Waals surface area contributed by atoms with Gasteiger partial charge in [0.15, 0.2) is 0 Å². The zero-order valence-corrected chi connectivity index (χ0v) is 9.44. The molecule has 14 heavy (non-hydrogen) atoms. The van der Waals surface area contributed by atoms with Crippen molar-refractivity contribution in [2.24, 2.45) is 0 Å². The lowest BCUT2D eigenvalue weighted by molar-refractivity contribution is 0.299. The third kappa shape index (κ3) is 1.72. The van der Waals surface area contributed by atoms with E-state index in [-0.39, 0.29) is 12.4 Å². The molecule has 0 spiro atoms. The van der Waals surface area contributed by atoms with Gasteiger partial charge in [-0.05, 0) is 49.4 Å². The maximum absolute atomic E-state index is 9.67. The van der Waals surface area contributed by atoms with Crippen molar-refractivity contribution in [3.63, 3.8) is 0 Å². The molecule has 0 amide bonds. The summed E-state index contributed by atoms with van der Waals surface area (Å²) in [4.78, 5) is 0. The summed E-state index contributed by atoms with van der Waals surface area (Å²) in [6, 6.07) is 0. The summed E-state index contributed by atoms with van der Waals surface area (Å²) in [6.45, 7) is 5.72. The first kappa shape index (κ1) is 11.3. The molecular formula is C11H15ClO2. The molecule has 1 aromatic rings. The molecular weight excluding hydrogens is 200 g/mol. The van der Waals surface area contributed by atoms with Gasteiger partial charge in [0.05, 0.1) is 5.02 Å². The fourth-order valence-electron chi connectivity index (χ4n) is 1.65. The largest absolute Gasteiger partial charge is 0.506 e. The number of halogens is 1. The van der Waals surface area contributed by atoms with E-state index in [0.717, 1.165) is 22.3 Å². The van der Waals surface area contributed by atoms with Crippen molar-refractivity contribution in [3.8, 4) is 5.75 Å². The Morgan fingerprint density at radius 2 is 1.64 bits per heavy atom. The minimum Gasteiger partial charge on any atom is -0.506 e. The van der Waals surface area contributed by atoms with Crippen molar-refractivity contribution < 1.29 is 10.2 Å². The number of aromatic hydroxyl groups is 1. The smallest absolute Gasteiger partial charge is 0.137 e. The zero-order valence-electron chi connectivity index (χ0n) is 8.69. The molecule has 3 heteroatoms. The van der Waals surface area contributed by atoms with E-state index in [2.05, 4.69) is 0 Å². The van der Waals surface area contributed by atoms with Crippen molar-refractivity contribution in [2.45, 2.75) is 27.2 Å². The van der Waals surface area contributed by atoms with Gasteiger partial charge in [-0.15, -0.1) is 0 Å². The normalized spacial score (nSPS) is 10.6. The highest BCUT2D eigenvalue weighted by atomic mass is 35.5. The van der Waals surface area contributed by atoms with Crippen molar-refractivity contribution in [1.82, 2.24) is 0 Å². The SMILES string of the molecule is Cc1c(C)c(CCO)c(C)c(Cl)c1O. The number of rotatable bonds is 2. The fourth-order valence-corrected chi connectivity index (χ4v) is 1.90. The van der Waals surface area contributed by atoms with Crippen LogP contribution in [0.4, 0.5) is 0 Å². The van der Waals surface area contributed by atoms with Crippen molar-refractivity contribution in [3.05, 3.63) is 27.3 Å². The topological polar surface area (TPSA) is 40.5 Å². The molecule has 0 unspecified atom stereocenters. The summed E-state index contributed by atoms with van der Waals surface area (Å²) in [5.74, 6) is 0.156. The van der Waals surface area contributed by atoms with E-state index in [1.165, 1.54) is 0 Å². The van der Waals surface area contributed by atoms with Crippen molar-refractivity contribution >= 4 is 11.6 Å². The Morgan fingerprint density at radius 1 is 1.07 bits per heavy atom. The van der Waals surface area contributed by atoms with Crippen LogP contribution in [0.5, 0.6) is 5.75 Å². The molecule has 0 heterocycles. The number of hydrogen-bond donors (Lipinski definition) is 2. The monoisotopic (exact) mass is 214 g/mol. The quantitative estimate of drug-likeness (QED) is 0.794. The summed E-state index contributed by atoms with van der Waals surface area (Å²) in [5.41, 5.74) is 3.71. The van der Waals surface area contributed by atoms with Gasteiger partial charge in [0.1, 0.15) is 5.75 Å². The lowest BCUT2D eigenvalue weighted by atomic mass is 9.95. The molecule has 1 aromatic carbocycles. The van der Waals surface area contributed by atoms with E-state index < -0.39 is 0 Å². The second kappa shape index (κ2) is 4.20.